The van der Waals surface area contributed by atoms with Gasteiger partial charge in [-0.2, -0.15) is 0 Å². The van der Waals surface area contributed by atoms with Crippen LogP contribution in [0.4, 0.5) is 5.69 Å². The standard InChI is InChI=1S/C30H36ClN3O4S/c1-6-18-32-30(36)24(5)33(19-25-14-10-21(2)11-15-25)29(35)20-34(28-9-7-8-27(31)23(28)4)39(37,38)26-16-12-22(3)13-17-26/h7-17,24H,6,18-20H2,1-5H3,(H,32,36)/t24-/m1/s1. The number of hydrogen-bond acceptors (Lipinski definition) is 4. The summed E-state index contributed by atoms with van der Waals surface area (Å²) in [5, 5.41) is 3.23. The van der Waals surface area contributed by atoms with Gasteiger partial charge in [0.25, 0.3) is 10.0 Å². The second kappa shape index (κ2) is 13.1. The minimum atomic E-state index is -4.15. The van der Waals surface area contributed by atoms with Gasteiger partial charge in [0, 0.05) is 18.1 Å². The summed E-state index contributed by atoms with van der Waals surface area (Å²) in [6.07, 6.45) is 0.751. The molecule has 0 aliphatic rings. The summed E-state index contributed by atoms with van der Waals surface area (Å²) >= 11 is 6.36. The highest BCUT2D eigenvalue weighted by atomic mass is 35.5. The number of anilines is 1. The third-order valence-electron chi connectivity index (χ3n) is 6.59. The number of carbonyl (C=O) groups is 2. The molecule has 7 nitrogen and oxygen atoms in total. The maximum atomic E-state index is 14.0. The number of nitrogens with zero attached hydrogens (tertiary/aromatic N) is 2. The monoisotopic (exact) mass is 569 g/mol. The lowest BCUT2D eigenvalue weighted by molar-refractivity contribution is -0.139. The number of hydrogen-bond donors (Lipinski definition) is 1. The summed E-state index contributed by atoms with van der Waals surface area (Å²) < 4.78 is 29.0. The van der Waals surface area contributed by atoms with Gasteiger partial charge in [0.1, 0.15) is 12.6 Å². The average molecular weight is 570 g/mol. The summed E-state index contributed by atoms with van der Waals surface area (Å²) in [6, 6.07) is 18.2. The zero-order chi connectivity index (χ0) is 28.7. The van der Waals surface area contributed by atoms with E-state index >= 15 is 0 Å². The Morgan fingerprint density at radius 3 is 2.10 bits per heavy atom. The maximum absolute atomic E-state index is 14.0. The predicted octanol–water partition coefficient (Wildman–Crippen LogP) is 5.40. The van der Waals surface area contributed by atoms with Gasteiger partial charge in [0.05, 0.1) is 10.6 Å². The first-order valence-corrected chi connectivity index (χ1v) is 14.7. The van der Waals surface area contributed by atoms with Crippen molar-refractivity contribution in [2.75, 3.05) is 17.4 Å². The third-order valence-corrected chi connectivity index (χ3v) is 8.77. The molecule has 0 unspecified atom stereocenters. The first-order valence-electron chi connectivity index (χ1n) is 12.9. The summed E-state index contributed by atoms with van der Waals surface area (Å²) in [5.41, 5.74) is 3.64. The fraction of sp³-hybridized carbons (Fsp3) is 0.333. The van der Waals surface area contributed by atoms with Gasteiger partial charge in [0.15, 0.2) is 0 Å². The molecule has 39 heavy (non-hydrogen) atoms. The molecular formula is C30H36ClN3O4S. The lowest BCUT2D eigenvalue weighted by Gasteiger charge is -2.32. The van der Waals surface area contributed by atoms with E-state index in [4.69, 9.17) is 11.6 Å². The number of amides is 2. The largest absolute Gasteiger partial charge is 0.354 e. The van der Waals surface area contributed by atoms with Crippen molar-refractivity contribution < 1.29 is 18.0 Å². The second-order valence-electron chi connectivity index (χ2n) is 9.68. The zero-order valence-electron chi connectivity index (χ0n) is 23.1. The molecule has 0 saturated carbocycles. The molecule has 0 saturated heterocycles. The number of halogens is 1. The van der Waals surface area contributed by atoms with Gasteiger partial charge in [-0.25, -0.2) is 8.42 Å². The van der Waals surface area contributed by atoms with Gasteiger partial charge >= 0.3 is 0 Å². The van der Waals surface area contributed by atoms with Gasteiger partial charge in [-0.15, -0.1) is 0 Å². The number of sulfonamides is 1. The number of carbonyl (C=O) groups excluding carboxylic acids is 2. The van der Waals surface area contributed by atoms with E-state index < -0.39 is 28.5 Å². The zero-order valence-corrected chi connectivity index (χ0v) is 24.6. The van der Waals surface area contributed by atoms with Crippen LogP contribution in [-0.4, -0.2) is 44.3 Å². The van der Waals surface area contributed by atoms with Gasteiger partial charge in [-0.1, -0.05) is 72.1 Å². The fourth-order valence-electron chi connectivity index (χ4n) is 4.09. The second-order valence-corrected chi connectivity index (χ2v) is 12.0. The fourth-order valence-corrected chi connectivity index (χ4v) is 5.73. The quantitative estimate of drug-likeness (QED) is 0.335. The lowest BCUT2D eigenvalue weighted by Crippen LogP contribution is -2.51. The Balaban J connectivity index is 2.05. The van der Waals surface area contributed by atoms with E-state index in [1.807, 2.05) is 45.0 Å². The first-order chi connectivity index (χ1) is 18.4. The molecule has 0 aliphatic carbocycles. The number of benzene rings is 3. The van der Waals surface area contributed by atoms with Crippen molar-refractivity contribution in [3.63, 3.8) is 0 Å². The van der Waals surface area contributed by atoms with Crippen molar-refractivity contribution in [3.8, 4) is 0 Å². The molecule has 3 rings (SSSR count). The smallest absolute Gasteiger partial charge is 0.264 e. The Kier molecular flexibility index (Phi) is 10.2. The lowest BCUT2D eigenvalue weighted by atomic mass is 10.1. The summed E-state index contributed by atoms with van der Waals surface area (Å²) in [4.78, 5) is 28.4. The van der Waals surface area contributed by atoms with E-state index in [9.17, 15) is 18.0 Å². The molecule has 0 aromatic heterocycles. The predicted molar refractivity (Wildman–Crippen MR) is 156 cm³/mol. The molecule has 0 bridgehead atoms. The van der Waals surface area contributed by atoms with Crippen molar-refractivity contribution in [1.29, 1.82) is 0 Å². The van der Waals surface area contributed by atoms with Gasteiger partial charge in [-0.05, 0) is 69.5 Å². The van der Waals surface area contributed by atoms with Crippen LogP contribution in [0, 0.1) is 20.8 Å². The van der Waals surface area contributed by atoms with Gasteiger partial charge in [0.2, 0.25) is 11.8 Å². The van der Waals surface area contributed by atoms with Crippen molar-refractivity contribution in [2.24, 2.45) is 0 Å². The maximum Gasteiger partial charge on any atom is 0.264 e. The molecule has 0 fully saturated rings. The van der Waals surface area contributed by atoms with E-state index in [0.717, 1.165) is 27.4 Å². The van der Waals surface area contributed by atoms with E-state index in [1.54, 1.807) is 44.2 Å². The number of aryl methyl sites for hydroxylation is 2. The molecule has 208 valence electrons. The highest BCUT2D eigenvalue weighted by Gasteiger charge is 2.33. The molecule has 0 aliphatic heterocycles. The molecule has 9 heteroatoms. The van der Waals surface area contributed by atoms with Crippen LogP contribution < -0.4 is 9.62 Å². The van der Waals surface area contributed by atoms with E-state index in [0.29, 0.717) is 22.8 Å². The van der Waals surface area contributed by atoms with Crippen LogP contribution in [-0.2, 0) is 26.2 Å². The molecule has 3 aromatic rings. The van der Waals surface area contributed by atoms with Crippen LogP contribution in [0.2, 0.25) is 5.02 Å². The summed E-state index contributed by atoms with van der Waals surface area (Å²) in [5.74, 6) is -0.811. The van der Waals surface area contributed by atoms with Crippen LogP contribution in [0.5, 0.6) is 0 Å². The van der Waals surface area contributed by atoms with E-state index in [2.05, 4.69) is 5.32 Å². The van der Waals surface area contributed by atoms with Crippen LogP contribution in [0.15, 0.2) is 71.6 Å². The normalized spacial score (nSPS) is 12.1. The van der Waals surface area contributed by atoms with Gasteiger partial charge in [-0.3, -0.25) is 13.9 Å². The van der Waals surface area contributed by atoms with E-state index in [1.165, 1.54) is 17.0 Å². The Morgan fingerprint density at radius 2 is 1.51 bits per heavy atom. The minimum Gasteiger partial charge on any atom is -0.354 e. The molecule has 2 amide bonds. The molecule has 0 spiro atoms. The van der Waals surface area contributed by atoms with Gasteiger partial charge < -0.3 is 10.2 Å². The molecule has 3 aromatic carbocycles. The Bertz CT molecular complexity index is 1410. The summed E-state index contributed by atoms with van der Waals surface area (Å²) in [6.45, 7) is 9.26. The van der Waals surface area contributed by atoms with Crippen LogP contribution in [0.1, 0.15) is 42.5 Å². The average Bonchev–Trinajstić information content (AvgIpc) is 2.91. The van der Waals surface area contributed by atoms with Crippen molar-refractivity contribution >= 4 is 39.1 Å². The van der Waals surface area contributed by atoms with Crippen molar-refractivity contribution in [1.82, 2.24) is 10.2 Å². The Hall–Kier alpha value is -3.36. The topological polar surface area (TPSA) is 86.8 Å². The molecule has 1 N–H and O–H groups in total. The molecule has 0 heterocycles. The molecule has 1 atom stereocenters. The van der Waals surface area contributed by atoms with Crippen LogP contribution >= 0.6 is 11.6 Å². The van der Waals surface area contributed by atoms with Crippen LogP contribution in [0.3, 0.4) is 0 Å². The van der Waals surface area contributed by atoms with Crippen LogP contribution in [0.25, 0.3) is 0 Å². The SMILES string of the molecule is CCCNC(=O)[C@@H](C)N(Cc1ccc(C)cc1)C(=O)CN(c1cccc(Cl)c1C)S(=O)(=O)c1ccc(C)cc1. The Morgan fingerprint density at radius 1 is 0.923 bits per heavy atom. The minimum absolute atomic E-state index is 0.0547. The highest BCUT2D eigenvalue weighted by Crippen LogP contribution is 2.31. The van der Waals surface area contributed by atoms with Crippen molar-refractivity contribution in [2.45, 2.75) is 58.5 Å². The highest BCUT2D eigenvalue weighted by molar-refractivity contribution is 7.92. The van der Waals surface area contributed by atoms with Crippen molar-refractivity contribution in [3.05, 3.63) is 94.0 Å². The number of rotatable bonds is 11. The Labute approximate surface area is 236 Å². The summed E-state index contributed by atoms with van der Waals surface area (Å²) in [7, 11) is -4.15. The van der Waals surface area contributed by atoms with E-state index in [-0.39, 0.29) is 17.3 Å². The third kappa shape index (κ3) is 7.40. The molecule has 0 radical (unpaired) electrons. The number of nitrogens with one attached hydrogen (secondary N) is 1. The molecular weight excluding hydrogens is 534 g/mol. The first kappa shape index (κ1) is 30.2.